The summed E-state index contributed by atoms with van der Waals surface area (Å²) in [5, 5.41) is 0. The Bertz CT molecular complexity index is 385. The maximum Gasteiger partial charge on any atom is 0.348 e. The fraction of sp³-hybridized carbons (Fsp3) is 0.957. The lowest BCUT2D eigenvalue weighted by Crippen LogP contribution is -2.53. The van der Waals surface area contributed by atoms with Crippen molar-refractivity contribution in [2.24, 2.45) is 0 Å². The molecule has 0 fully saturated rings. The van der Waals surface area contributed by atoms with Crippen LogP contribution in [-0.2, 0) is 22.5 Å². The number of hydrogen-bond donors (Lipinski definition) is 0. The third-order valence-electron chi connectivity index (χ3n) is 6.81. The van der Waals surface area contributed by atoms with Crippen LogP contribution in [-0.4, -0.2) is 51.3 Å². The van der Waals surface area contributed by atoms with Crippen LogP contribution in [0.4, 0.5) is 0 Å². The standard InChI is InChI=1S/C23H50O5Si2/c1-9-13-15-17-19-21(29(11-3,25-5)26-6)23(24)22(20-18-16-14-10-2)30(12-4,27-7)28-8/h21-22H,9-20H2,1-8H3. The summed E-state index contributed by atoms with van der Waals surface area (Å²) in [5.41, 5.74) is -0.344. The number of Topliss-reactive ketones (excluding diaryl/α,β-unsaturated/α-hetero) is 1. The van der Waals surface area contributed by atoms with E-state index in [1.165, 1.54) is 25.7 Å². The zero-order chi connectivity index (χ0) is 23.0. The normalized spacial score (nSPS) is 14.7. The summed E-state index contributed by atoms with van der Waals surface area (Å²) in [4.78, 5) is 14.2. The number of carbonyl (C=O) groups excluding carboxylic acids is 1. The van der Waals surface area contributed by atoms with E-state index in [-0.39, 0.29) is 16.9 Å². The number of rotatable bonds is 20. The first-order chi connectivity index (χ1) is 14.4. The molecule has 0 rings (SSSR count). The van der Waals surface area contributed by atoms with Crippen LogP contribution in [0.3, 0.4) is 0 Å². The minimum Gasteiger partial charge on any atom is -0.397 e. The monoisotopic (exact) mass is 462 g/mol. The van der Waals surface area contributed by atoms with E-state index in [2.05, 4.69) is 27.7 Å². The molecule has 7 heteroatoms. The van der Waals surface area contributed by atoms with E-state index in [4.69, 9.17) is 17.7 Å². The van der Waals surface area contributed by atoms with Gasteiger partial charge < -0.3 is 17.7 Å². The van der Waals surface area contributed by atoms with Crippen molar-refractivity contribution in [2.45, 2.75) is 115 Å². The molecule has 0 heterocycles. The molecule has 0 amide bonds. The van der Waals surface area contributed by atoms with Gasteiger partial charge >= 0.3 is 17.1 Å². The molecule has 2 atom stereocenters. The molecule has 5 nitrogen and oxygen atoms in total. The highest BCUT2D eigenvalue weighted by atomic mass is 28.4. The van der Waals surface area contributed by atoms with Crippen molar-refractivity contribution in [1.82, 2.24) is 0 Å². The molecule has 30 heavy (non-hydrogen) atoms. The van der Waals surface area contributed by atoms with Crippen molar-refractivity contribution in [3.63, 3.8) is 0 Å². The lowest BCUT2D eigenvalue weighted by molar-refractivity contribution is -0.120. The third kappa shape index (κ3) is 8.13. The molecule has 180 valence electrons. The van der Waals surface area contributed by atoms with Gasteiger partial charge in [0.25, 0.3) is 0 Å². The predicted molar refractivity (Wildman–Crippen MR) is 131 cm³/mol. The van der Waals surface area contributed by atoms with Crippen molar-refractivity contribution in [3.05, 3.63) is 0 Å². The second kappa shape index (κ2) is 16.6. The van der Waals surface area contributed by atoms with Crippen LogP contribution in [0, 0.1) is 0 Å². The van der Waals surface area contributed by atoms with Crippen molar-refractivity contribution in [1.29, 1.82) is 0 Å². The molecular weight excluding hydrogens is 412 g/mol. The van der Waals surface area contributed by atoms with Gasteiger partial charge in [0.1, 0.15) is 5.78 Å². The molecule has 0 saturated carbocycles. The molecule has 0 aromatic rings. The molecular formula is C23H50O5Si2. The van der Waals surface area contributed by atoms with E-state index in [0.29, 0.717) is 0 Å². The molecule has 0 aliphatic heterocycles. The summed E-state index contributed by atoms with van der Waals surface area (Å²) in [6, 6.07) is 1.54. The van der Waals surface area contributed by atoms with Gasteiger partial charge in [-0.15, -0.1) is 0 Å². The van der Waals surface area contributed by atoms with Gasteiger partial charge in [0.05, 0.1) is 11.1 Å². The Morgan fingerprint density at radius 1 is 0.600 bits per heavy atom. The lowest BCUT2D eigenvalue weighted by Gasteiger charge is -2.39. The lowest BCUT2D eigenvalue weighted by atomic mass is 10.0. The summed E-state index contributed by atoms with van der Waals surface area (Å²) >= 11 is 0. The first-order valence-electron chi connectivity index (χ1n) is 12.2. The molecule has 0 aliphatic carbocycles. The Morgan fingerprint density at radius 3 is 1.17 bits per heavy atom. The highest BCUT2D eigenvalue weighted by Gasteiger charge is 2.54. The zero-order valence-electron chi connectivity index (χ0n) is 21.2. The first kappa shape index (κ1) is 29.9. The Labute approximate surface area is 189 Å². The van der Waals surface area contributed by atoms with Crippen LogP contribution in [0.25, 0.3) is 0 Å². The number of carbonyl (C=O) groups is 1. The third-order valence-corrected chi connectivity index (χ3v) is 14.8. The molecule has 0 aliphatic rings. The van der Waals surface area contributed by atoms with Gasteiger partial charge in [-0.2, -0.15) is 0 Å². The number of ketones is 1. The van der Waals surface area contributed by atoms with Gasteiger partial charge in [-0.05, 0) is 24.9 Å². The topological polar surface area (TPSA) is 54.0 Å². The van der Waals surface area contributed by atoms with Crippen LogP contribution >= 0.6 is 0 Å². The van der Waals surface area contributed by atoms with Crippen LogP contribution < -0.4 is 0 Å². The zero-order valence-corrected chi connectivity index (χ0v) is 23.2. The second-order valence-corrected chi connectivity index (χ2v) is 16.0. The molecule has 0 bridgehead atoms. The van der Waals surface area contributed by atoms with Crippen molar-refractivity contribution < 1.29 is 22.5 Å². The Kier molecular flexibility index (Phi) is 16.5. The molecule has 2 unspecified atom stereocenters. The minimum absolute atomic E-state index is 0.172. The quantitative estimate of drug-likeness (QED) is 0.148. The van der Waals surface area contributed by atoms with Crippen LogP contribution in [0.1, 0.15) is 91.9 Å². The fourth-order valence-corrected chi connectivity index (χ4v) is 11.1. The summed E-state index contributed by atoms with van der Waals surface area (Å²) in [6.45, 7) is 8.61. The Balaban J connectivity index is 5.94. The van der Waals surface area contributed by atoms with Gasteiger partial charge in [-0.3, -0.25) is 4.79 Å². The maximum absolute atomic E-state index is 14.2. The van der Waals surface area contributed by atoms with E-state index >= 15 is 0 Å². The Morgan fingerprint density at radius 2 is 0.933 bits per heavy atom. The molecule has 0 saturated heterocycles. The van der Waals surface area contributed by atoms with E-state index in [9.17, 15) is 4.79 Å². The SMILES string of the molecule is CCCCCCC(C(=O)C(CCCCCC)[Si](CC)(OC)OC)[Si](CC)(OC)OC. The van der Waals surface area contributed by atoms with Crippen LogP contribution in [0.15, 0.2) is 0 Å². The average Bonchev–Trinajstić information content (AvgIpc) is 2.78. The van der Waals surface area contributed by atoms with Gasteiger partial charge in [0, 0.05) is 28.4 Å². The van der Waals surface area contributed by atoms with Crippen LogP contribution in [0.5, 0.6) is 0 Å². The number of hydrogen-bond acceptors (Lipinski definition) is 5. The highest BCUT2D eigenvalue weighted by Crippen LogP contribution is 2.42. The van der Waals surface area contributed by atoms with Gasteiger partial charge in [-0.1, -0.05) is 79.1 Å². The summed E-state index contributed by atoms with van der Waals surface area (Å²) < 4.78 is 24.1. The maximum atomic E-state index is 14.2. The Hall–Kier alpha value is -0.0562. The van der Waals surface area contributed by atoms with E-state index < -0.39 is 17.1 Å². The van der Waals surface area contributed by atoms with Crippen molar-refractivity contribution in [2.75, 3.05) is 28.4 Å². The van der Waals surface area contributed by atoms with E-state index in [1.54, 1.807) is 28.4 Å². The fourth-order valence-electron chi connectivity index (χ4n) is 4.76. The molecule has 0 aromatic heterocycles. The second-order valence-electron chi connectivity index (χ2n) is 8.35. The highest BCUT2D eigenvalue weighted by molar-refractivity contribution is 6.77. The average molecular weight is 463 g/mol. The number of unbranched alkanes of at least 4 members (excludes halogenated alkanes) is 6. The van der Waals surface area contributed by atoms with Crippen molar-refractivity contribution in [3.8, 4) is 0 Å². The summed E-state index contributed by atoms with van der Waals surface area (Å²) in [5.74, 6) is 0.275. The van der Waals surface area contributed by atoms with Crippen molar-refractivity contribution >= 4 is 22.9 Å². The minimum atomic E-state index is -2.64. The largest absolute Gasteiger partial charge is 0.397 e. The molecule has 0 radical (unpaired) electrons. The van der Waals surface area contributed by atoms with Gasteiger partial charge in [-0.25, -0.2) is 0 Å². The van der Waals surface area contributed by atoms with E-state index in [0.717, 1.165) is 50.6 Å². The van der Waals surface area contributed by atoms with E-state index in [1.807, 2.05) is 0 Å². The summed E-state index contributed by atoms with van der Waals surface area (Å²) in [7, 11) is 1.60. The molecule has 0 N–H and O–H groups in total. The smallest absolute Gasteiger partial charge is 0.348 e. The first-order valence-corrected chi connectivity index (χ1v) is 16.4. The molecule has 0 spiro atoms. The van der Waals surface area contributed by atoms with Gasteiger partial charge in [0.2, 0.25) is 0 Å². The van der Waals surface area contributed by atoms with Crippen LogP contribution in [0.2, 0.25) is 23.2 Å². The summed E-state index contributed by atoms with van der Waals surface area (Å²) in [6.07, 6.45) is 10.8. The predicted octanol–water partition coefficient (Wildman–Crippen LogP) is 6.75. The molecule has 0 aromatic carbocycles. The van der Waals surface area contributed by atoms with Gasteiger partial charge in [0.15, 0.2) is 0 Å².